The zero-order valence-electron chi connectivity index (χ0n) is 13.0. The second-order valence-electron chi connectivity index (χ2n) is 5.42. The molecule has 132 valence electrons. The Labute approximate surface area is 133 Å². The Bertz CT molecular complexity index is 521. The van der Waals surface area contributed by atoms with E-state index in [1.807, 2.05) is 0 Å². The number of nitrogens with zero attached hydrogens (tertiary/aromatic N) is 1. The average molecular weight is 351 g/mol. The van der Waals surface area contributed by atoms with Gasteiger partial charge in [0, 0.05) is 13.5 Å². The van der Waals surface area contributed by atoms with Crippen LogP contribution in [0.5, 0.6) is 0 Å². The number of nitrogens with two attached hydrogens (primary N) is 1. The van der Waals surface area contributed by atoms with E-state index in [-0.39, 0.29) is 6.54 Å². The fraction of sp³-hybridized carbons (Fsp3) is 0.750. The van der Waals surface area contributed by atoms with E-state index in [1.54, 1.807) is 0 Å². The van der Waals surface area contributed by atoms with Gasteiger partial charge in [-0.3, -0.25) is 18.9 Å². The summed E-state index contributed by atoms with van der Waals surface area (Å²) < 4.78 is 15.5. The molecule has 0 aromatic carbocycles. The Balaban J connectivity index is 3.00. The summed E-state index contributed by atoms with van der Waals surface area (Å²) in [5.74, 6) is -1.90. The van der Waals surface area contributed by atoms with Crippen LogP contribution in [-0.2, 0) is 23.5 Å². The Morgan fingerprint density at radius 2 is 1.96 bits per heavy atom. The van der Waals surface area contributed by atoms with E-state index in [0.29, 0.717) is 12.8 Å². The van der Waals surface area contributed by atoms with Crippen molar-refractivity contribution in [3.05, 3.63) is 0 Å². The van der Waals surface area contributed by atoms with E-state index >= 15 is 0 Å². The standard InChI is InChI=1S/C12H22N3O7P/c1-7(22-23(19,20)21)10(14-8(2)16)12(18)15-6-4-3-5-9(15)11(13)17/h7,9-10H,3-6H2,1-2H3,(H2,13,17)(H,14,16)(H2,19,20,21)/t7-,9+,10+/m1/s1. The SMILES string of the molecule is CC(=O)N[C@H](C(=O)N1CCCC[C@H]1C(N)=O)[C@@H](C)OP(=O)(O)O. The number of likely N-dealkylation sites (tertiary alicyclic amines) is 1. The number of phosphoric acid groups is 1. The number of nitrogens with one attached hydrogen (secondary N) is 1. The quantitative estimate of drug-likeness (QED) is 0.440. The van der Waals surface area contributed by atoms with Crippen molar-refractivity contribution in [2.24, 2.45) is 5.73 Å². The molecule has 1 aliphatic rings. The first-order chi connectivity index (χ1) is 10.5. The van der Waals surface area contributed by atoms with Crippen LogP contribution in [0.25, 0.3) is 0 Å². The molecule has 5 N–H and O–H groups in total. The smallest absolute Gasteiger partial charge is 0.368 e. The zero-order valence-corrected chi connectivity index (χ0v) is 13.9. The van der Waals surface area contributed by atoms with Crippen molar-refractivity contribution in [2.45, 2.75) is 51.3 Å². The Kier molecular flexibility index (Phi) is 6.69. The lowest BCUT2D eigenvalue weighted by molar-refractivity contribution is -0.146. The number of amides is 3. The number of piperidine rings is 1. The van der Waals surface area contributed by atoms with Crippen molar-refractivity contribution in [2.75, 3.05) is 6.54 Å². The largest absolute Gasteiger partial charge is 0.469 e. The molecule has 0 aromatic heterocycles. The first-order valence-electron chi connectivity index (χ1n) is 7.13. The molecule has 11 heteroatoms. The van der Waals surface area contributed by atoms with Crippen LogP contribution in [0, 0.1) is 0 Å². The second kappa shape index (κ2) is 7.87. The molecule has 1 heterocycles. The molecule has 1 aliphatic heterocycles. The second-order valence-corrected chi connectivity index (χ2v) is 6.62. The molecule has 0 unspecified atom stereocenters. The molecule has 0 saturated carbocycles. The summed E-state index contributed by atoms with van der Waals surface area (Å²) in [5, 5.41) is 2.31. The maximum Gasteiger partial charge on any atom is 0.469 e. The minimum Gasteiger partial charge on any atom is -0.368 e. The maximum atomic E-state index is 12.6. The lowest BCUT2D eigenvalue weighted by Gasteiger charge is -2.37. The molecule has 1 fully saturated rings. The third kappa shape index (κ3) is 5.91. The van der Waals surface area contributed by atoms with Crippen molar-refractivity contribution in [1.82, 2.24) is 10.2 Å². The minimum absolute atomic E-state index is 0.269. The van der Waals surface area contributed by atoms with Gasteiger partial charge in [0.2, 0.25) is 17.7 Å². The molecule has 0 aromatic rings. The average Bonchev–Trinajstić information content (AvgIpc) is 2.41. The molecular weight excluding hydrogens is 329 g/mol. The zero-order chi connectivity index (χ0) is 17.8. The number of carbonyl (C=O) groups is 3. The molecule has 0 bridgehead atoms. The predicted octanol–water partition coefficient (Wildman–Crippen LogP) is -1.14. The van der Waals surface area contributed by atoms with Gasteiger partial charge in [0.1, 0.15) is 12.1 Å². The summed E-state index contributed by atoms with van der Waals surface area (Å²) in [5.41, 5.74) is 5.30. The third-order valence-corrected chi connectivity index (χ3v) is 4.12. The molecule has 23 heavy (non-hydrogen) atoms. The summed E-state index contributed by atoms with van der Waals surface area (Å²) >= 11 is 0. The Hall–Kier alpha value is -1.48. The Morgan fingerprint density at radius 1 is 1.35 bits per heavy atom. The van der Waals surface area contributed by atoms with Gasteiger partial charge >= 0.3 is 7.82 Å². The van der Waals surface area contributed by atoms with Gasteiger partial charge in [-0.05, 0) is 26.2 Å². The highest BCUT2D eigenvalue weighted by atomic mass is 31.2. The first kappa shape index (κ1) is 19.6. The predicted molar refractivity (Wildman–Crippen MR) is 78.7 cm³/mol. The summed E-state index contributed by atoms with van der Waals surface area (Å²) in [6.45, 7) is 2.68. The van der Waals surface area contributed by atoms with Gasteiger partial charge < -0.3 is 25.7 Å². The summed E-state index contributed by atoms with van der Waals surface area (Å²) in [4.78, 5) is 54.4. The van der Waals surface area contributed by atoms with Gasteiger partial charge in [-0.2, -0.15) is 0 Å². The number of primary amides is 1. The van der Waals surface area contributed by atoms with E-state index in [9.17, 15) is 18.9 Å². The van der Waals surface area contributed by atoms with Gasteiger partial charge in [0.25, 0.3) is 0 Å². The first-order valence-corrected chi connectivity index (χ1v) is 8.67. The lowest BCUT2D eigenvalue weighted by Crippen LogP contribution is -2.59. The monoisotopic (exact) mass is 351 g/mol. The van der Waals surface area contributed by atoms with Crippen LogP contribution in [0.4, 0.5) is 0 Å². The molecule has 0 spiro atoms. The van der Waals surface area contributed by atoms with Gasteiger partial charge in [-0.15, -0.1) is 0 Å². The molecule has 0 radical (unpaired) electrons. The molecule has 1 saturated heterocycles. The van der Waals surface area contributed by atoms with Crippen molar-refractivity contribution < 1.29 is 33.3 Å². The highest BCUT2D eigenvalue weighted by molar-refractivity contribution is 7.46. The van der Waals surface area contributed by atoms with E-state index in [1.165, 1.54) is 11.8 Å². The van der Waals surface area contributed by atoms with Crippen LogP contribution in [0.2, 0.25) is 0 Å². The van der Waals surface area contributed by atoms with Crippen LogP contribution in [0.1, 0.15) is 33.1 Å². The maximum absolute atomic E-state index is 12.6. The van der Waals surface area contributed by atoms with E-state index in [4.69, 9.17) is 15.5 Å². The molecule has 10 nitrogen and oxygen atoms in total. The van der Waals surface area contributed by atoms with E-state index in [2.05, 4.69) is 9.84 Å². The van der Waals surface area contributed by atoms with Gasteiger partial charge in [0.05, 0.1) is 6.10 Å². The van der Waals surface area contributed by atoms with Crippen LogP contribution in [0.15, 0.2) is 0 Å². The number of hydrogen-bond donors (Lipinski definition) is 4. The van der Waals surface area contributed by atoms with Crippen LogP contribution in [0.3, 0.4) is 0 Å². The lowest BCUT2D eigenvalue weighted by atomic mass is 9.99. The van der Waals surface area contributed by atoms with Crippen LogP contribution >= 0.6 is 7.82 Å². The molecule has 0 aliphatic carbocycles. The highest BCUT2D eigenvalue weighted by Crippen LogP contribution is 2.38. The fourth-order valence-corrected chi connectivity index (χ4v) is 3.10. The minimum atomic E-state index is -4.85. The van der Waals surface area contributed by atoms with Crippen LogP contribution < -0.4 is 11.1 Å². The van der Waals surface area contributed by atoms with Crippen molar-refractivity contribution in [3.8, 4) is 0 Å². The number of phosphoric ester groups is 1. The molecule has 3 amide bonds. The van der Waals surface area contributed by atoms with E-state index in [0.717, 1.165) is 13.3 Å². The topological polar surface area (TPSA) is 159 Å². The highest BCUT2D eigenvalue weighted by Gasteiger charge is 2.39. The van der Waals surface area contributed by atoms with Crippen LogP contribution in [-0.4, -0.2) is 57.1 Å². The normalized spacial score (nSPS) is 21.4. The summed E-state index contributed by atoms with van der Waals surface area (Å²) in [6, 6.07) is -2.14. The van der Waals surface area contributed by atoms with Gasteiger partial charge in [0.15, 0.2) is 0 Å². The number of hydrogen-bond acceptors (Lipinski definition) is 5. The van der Waals surface area contributed by atoms with Gasteiger partial charge in [-0.1, -0.05) is 0 Å². The van der Waals surface area contributed by atoms with Gasteiger partial charge in [-0.25, -0.2) is 4.57 Å². The van der Waals surface area contributed by atoms with Crippen molar-refractivity contribution >= 4 is 25.5 Å². The van der Waals surface area contributed by atoms with Crippen molar-refractivity contribution in [1.29, 1.82) is 0 Å². The number of carbonyl (C=O) groups excluding carboxylic acids is 3. The fourth-order valence-electron chi connectivity index (χ4n) is 2.55. The number of rotatable bonds is 6. The van der Waals surface area contributed by atoms with E-state index < -0.39 is 43.7 Å². The third-order valence-electron chi connectivity index (χ3n) is 3.51. The molecular formula is C12H22N3O7P. The van der Waals surface area contributed by atoms with Crippen molar-refractivity contribution in [3.63, 3.8) is 0 Å². The summed E-state index contributed by atoms with van der Waals surface area (Å²) in [7, 11) is -4.85. The molecule has 1 rings (SSSR count). The summed E-state index contributed by atoms with van der Waals surface area (Å²) in [6.07, 6.45) is 0.511. The molecule has 3 atom stereocenters. The Morgan fingerprint density at radius 3 is 2.43 bits per heavy atom.